The smallest absolute Gasteiger partial charge is 0.191 e. The molecule has 0 saturated heterocycles. The van der Waals surface area contributed by atoms with Crippen molar-refractivity contribution in [3.8, 4) is 5.75 Å². The van der Waals surface area contributed by atoms with Crippen LogP contribution in [0.25, 0.3) is 0 Å². The van der Waals surface area contributed by atoms with Gasteiger partial charge in [0.25, 0.3) is 0 Å². The van der Waals surface area contributed by atoms with Crippen LogP contribution in [0.5, 0.6) is 5.75 Å². The van der Waals surface area contributed by atoms with Crippen molar-refractivity contribution in [2.45, 2.75) is 40.7 Å². The van der Waals surface area contributed by atoms with Crippen LogP contribution < -0.4 is 15.4 Å². The van der Waals surface area contributed by atoms with Crippen LogP contribution in [-0.2, 0) is 11.3 Å². The van der Waals surface area contributed by atoms with Crippen molar-refractivity contribution in [3.63, 3.8) is 0 Å². The van der Waals surface area contributed by atoms with Crippen LogP contribution in [0.1, 0.15) is 38.3 Å². The van der Waals surface area contributed by atoms with E-state index in [0.717, 1.165) is 43.3 Å². The summed E-state index contributed by atoms with van der Waals surface area (Å²) in [6, 6.07) is 6.29. The number of aryl methyl sites for hydroxylation is 1. The van der Waals surface area contributed by atoms with E-state index in [0.29, 0.717) is 19.8 Å². The molecule has 6 nitrogen and oxygen atoms in total. The third kappa shape index (κ3) is 9.95. The standard InChI is InChI=1S/C22H40N4O2/c1-8-23-21(25-16-22(3,4)17-26(5)6)24-15-19-11-10-18(2)14-20(19)28-13-9-12-27-7/h10-11,14H,8-9,12-13,15-17H2,1-7H3,(H2,23,24,25). The van der Waals surface area contributed by atoms with Gasteiger partial charge in [-0.25, -0.2) is 4.99 Å². The van der Waals surface area contributed by atoms with Crippen molar-refractivity contribution < 1.29 is 9.47 Å². The third-order valence-corrected chi connectivity index (χ3v) is 4.20. The van der Waals surface area contributed by atoms with Crippen molar-refractivity contribution in [2.75, 3.05) is 54.1 Å². The van der Waals surface area contributed by atoms with Crippen LogP contribution in [0.4, 0.5) is 0 Å². The van der Waals surface area contributed by atoms with Crippen molar-refractivity contribution >= 4 is 5.96 Å². The number of guanidine groups is 1. The zero-order valence-electron chi connectivity index (χ0n) is 18.9. The van der Waals surface area contributed by atoms with Crippen molar-refractivity contribution in [2.24, 2.45) is 10.4 Å². The SMILES string of the molecule is CCNC(=NCc1ccc(C)cc1OCCCOC)NCC(C)(C)CN(C)C. The molecule has 0 aliphatic carbocycles. The van der Waals surface area contributed by atoms with Crippen molar-refractivity contribution in [3.05, 3.63) is 29.3 Å². The zero-order chi connectivity index (χ0) is 21.0. The van der Waals surface area contributed by atoms with Gasteiger partial charge in [0.1, 0.15) is 5.75 Å². The molecule has 160 valence electrons. The number of rotatable bonds is 12. The summed E-state index contributed by atoms with van der Waals surface area (Å²) in [5.74, 6) is 1.74. The Hall–Kier alpha value is -1.79. The van der Waals surface area contributed by atoms with Crippen LogP contribution in [0.15, 0.2) is 23.2 Å². The molecule has 0 spiro atoms. The molecule has 0 amide bonds. The maximum absolute atomic E-state index is 5.97. The first-order valence-electron chi connectivity index (χ1n) is 10.2. The molecule has 0 aliphatic heterocycles. The van der Waals surface area contributed by atoms with E-state index in [1.54, 1.807) is 7.11 Å². The van der Waals surface area contributed by atoms with E-state index in [-0.39, 0.29) is 5.41 Å². The van der Waals surface area contributed by atoms with Gasteiger partial charge < -0.3 is 25.0 Å². The van der Waals surface area contributed by atoms with Gasteiger partial charge >= 0.3 is 0 Å². The maximum Gasteiger partial charge on any atom is 0.191 e. The summed E-state index contributed by atoms with van der Waals surface area (Å²) in [4.78, 5) is 6.99. The highest BCUT2D eigenvalue weighted by molar-refractivity contribution is 5.79. The van der Waals surface area contributed by atoms with Gasteiger partial charge in [-0.1, -0.05) is 26.0 Å². The molecule has 6 heteroatoms. The molecule has 1 aromatic carbocycles. The second-order valence-electron chi connectivity index (χ2n) is 8.26. The minimum Gasteiger partial charge on any atom is -0.493 e. The lowest BCUT2D eigenvalue weighted by molar-refractivity contribution is 0.172. The molecule has 28 heavy (non-hydrogen) atoms. The molecule has 0 aromatic heterocycles. The molecule has 0 saturated carbocycles. The van der Waals surface area contributed by atoms with E-state index in [1.165, 1.54) is 5.56 Å². The van der Waals surface area contributed by atoms with E-state index in [2.05, 4.69) is 75.5 Å². The third-order valence-electron chi connectivity index (χ3n) is 4.20. The quantitative estimate of drug-likeness (QED) is 0.325. The minimum atomic E-state index is 0.152. The number of benzene rings is 1. The van der Waals surface area contributed by atoms with Crippen LogP contribution in [-0.4, -0.2) is 64.9 Å². The summed E-state index contributed by atoms with van der Waals surface area (Å²) in [5, 5.41) is 6.82. The lowest BCUT2D eigenvalue weighted by atomic mass is 9.93. The molecule has 1 aromatic rings. The van der Waals surface area contributed by atoms with Gasteiger partial charge in [0, 0.05) is 45.3 Å². The second kappa shape index (κ2) is 12.6. The Bertz CT molecular complexity index is 600. The Morgan fingerprint density at radius 3 is 2.57 bits per heavy atom. The number of ether oxygens (including phenoxy) is 2. The van der Waals surface area contributed by atoms with Crippen molar-refractivity contribution in [1.82, 2.24) is 15.5 Å². The second-order valence-corrected chi connectivity index (χ2v) is 8.26. The lowest BCUT2D eigenvalue weighted by Gasteiger charge is -2.29. The first kappa shape index (κ1) is 24.2. The molecule has 0 bridgehead atoms. The molecule has 0 fully saturated rings. The van der Waals surface area contributed by atoms with Crippen LogP contribution >= 0.6 is 0 Å². The van der Waals surface area contributed by atoms with Gasteiger partial charge in [0.05, 0.1) is 13.2 Å². The van der Waals surface area contributed by atoms with Gasteiger partial charge in [-0.2, -0.15) is 0 Å². The number of methoxy groups -OCH3 is 1. The number of aliphatic imine (C=N–C) groups is 1. The summed E-state index contributed by atoms with van der Waals surface area (Å²) in [5.41, 5.74) is 2.43. The Labute approximate surface area is 171 Å². The minimum absolute atomic E-state index is 0.152. The van der Waals surface area contributed by atoms with Gasteiger partial charge in [0.15, 0.2) is 5.96 Å². The number of nitrogens with zero attached hydrogens (tertiary/aromatic N) is 2. The number of hydrogen-bond acceptors (Lipinski definition) is 4. The highest BCUT2D eigenvalue weighted by Gasteiger charge is 2.19. The summed E-state index contributed by atoms with van der Waals surface area (Å²) in [6.07, 6.45) is 0.873. The molecule has 0 aliphatic rings. The van der Waals surface area contributed by atoms with E-state index in [1.807, 2.05) is 0 Å². The molecular formula is C22H40N4O2. The molecular weight excluding hydrogens is 352 g/mol. The molecule has 0 atom stereocenters. The Morgan fingerprint density at radius 1 is 1.18 bits per heavy atom. The summed E-state index contributed by atoms with van der Waals surface area (Å²) in [6.45, 7) is 13.3. The Balaban J connectivity index is 2.77. The van der Waals surface area contributed by atoms with Gasteiger partial charge in [-0.05, 0) is 45.0 Å². The Kier molecular flexibility index (Phi) is 10.9. The molecule has 1 rings (SSSR count). The van der Waals surface area contributed by atoms with Gasteiger partial charge in [-0.3, -0.25) is 0 Å². The largest absolute Gasteiger partial charge is 0.493 e. The number of nitrogens with one attached hydrogen (secondary N) is 2. The highest BCUT2D eigenvalue weighted by atomic mass is 16.5. The predicted molar refractivity (Wildman–Crippen MR) is 118 cm³/mol. The maximum atomic E-state index is 5.97. The zero-order valence-corrected chi connectivity index (χ0v) is 18.9. The summed E-state index contributed by atoms with van der Waals surface area (Å²) in [7, 11) is 5.92. The molecule has 0 unspecified atom stereocenters. The highest BCUT2D eigenvalue weighted by Crippen LogP contribution is 2.21. The lowest BCUT2D eigenvalue weighted by Crippen LogP contribution is -2.44. The van der Waals surface area contributed by atoms with Crippen LogP contribution in [0.2, 0.25) is 0 Å². The van der Waals surface area contributed by atoms with E-state index < -0.39 is 0 Å². The fraction of sp³-hybridized carbons (Fsp3) is 0.682. The van der Waals surface area contributed by atoms with Gasteiger partial charge in [0.2, 0.25) is 0 Å². The monoisotopic (exact) mass is 392 g/mol. The molecule has 0 radical (unpaired) electrons. The normalized spacial score (nSPS) is 12.4. The molecule has 2 N–H and O–H groups in total. The number of hydrogen-bond donors (Lipinski definition) is 2. The summed E-state index contributed by atoms with van der Waals surface area (Å²) < 4.78 is 11.1. The van der Waals surface area contributed by atoms with Crippen LogP contribution in [0, 0.1) is 12.3 Å². The average Bonchev–Trinajstić information content (AvgIpc) is 2.61. The fourth-order valence-corrected chi connectivity index (χ4v) is 3.05. The topological polar surface area (TPSA) is 58.1 Å². The van der Waals surface area contributed by atoms with E-state index in [9.17, 15) is 0 Å². The van der Waals surface area contributed by atoms with Crippen molar-refractivity contribution in [1.29, 1.82) is 0 Å². The van der Waals surface area contributed by atoms with Gasteiger partial charge in [-0.15, -0.1) is 0 Å². The van der Waals surface area contributed by atoms with E-state index in [4.69, 9.17) is 14.5 Å². The summed E-state index contributed by atoms with van der Waals surface area (Å²) >= 11 is 0. The average molecular weight is 393 g/mol. The van der Waals surface area contributed by atoms with E-state index >= 15 is 0 Å². The van der Waals surface area contributed by atoms with Crippen LogP contribution in [0.3, 0.4) is 0 Å². The first-order valence-corrected chi connectivity index (χ1v) is 10.2. The molecule has 0 heterocycles. The Morgan fingerprint density at radius 2 is 1.93 bits per heavy atom. The first-order chi connectivity index (χ1) is 13.3. The fourth-order valence-electron chi connectivity index (χ4n) is 3.05. The predicted octanol–water partition coefficient (Wildman–Crippen LogP) is 3.05.